The molecule has 1 N–H and O–H groups in total. The Hall–Kier alpha value is -2.41. The first kappa shape index (κ1) is 16.4. The molecule has 3 aromatic rings. The molecular formula is C17H18FN3O2S. The number of nitrogens with one attached hydrogen (secondary N) is 1. The molecule has 0 fully saturated rings. The maximum Gasteiger partial charge on any atom is 0.229 e. The Morgan fingerprint density at radius 3 is 2.58 bits per heavy atom. The van der Waals surface area contributed by atoms with Gasteiger partial charge in [-0.25, -0.2) is 13.4 Å². The molecule has 1 aromatic carbocycles. The lowest BCUT2D eigenvalue weighted by Crippen LogP contribution is -2.09. The Bertz CT molecular complexity index is 1010. The maximum absolute atomic E-state index is 13.5. The molecule has 0 radical (unpaired) electrons. The van der Waals surface area contributed by atoms with Crippen LogP contribution in [-0.2, 0) is 10.0 Å². The summed E-state index contributed by atoms with van der Waals surface area (Å²) in [6.07, 6.45) is 4.50. The highest BCUT2D eigenvalue weighted by Crippen LogP contribution is 2.34. The monoisotopic (exact) mass is 347 g/mol. The molecule has 2 aromatic heterocycles. The zero-order chi connectivity index (χ0) is 17.5. The lowest BCUT2D eigenvalue weighted by molar-refractivity contribution is 0.584. The Morgan fingerprint density at radius 1 is 1.21 bits per heavy atom. The van der Waals surface area contributed by atoms with Crippen molar-refractivity contribution in [3.63, 3.8) is 0 Å². The topological polar surface area (TPSA) is 64.0 Å². The third-order valence-corrected chi connectivity index (χ3v) is 4.34. The zero-order valence-electron chi connectivity index (χ0n) is 13.6. The number of hydrogen-bond donors (Lipinski definition) is 1. The third kappa shape index (κ3) is 3.26. The fourth-order valence-corrected chi connectivity index (χ4v) is 3.31. The number of pyridine rings is 1. The van der Waals surface area contributed by atoms with E-state index in [0.717, 1.165) is 28.3 Å². The molecule has 0 aliphatic carbocycles. The van der Waals surface area contributed by atoms with Crippen LogP contribution in [0.25, 0.3) is 22.0 Å². The van der Waals surface area contributed by atoms with Crippen molar-refractivity contribution >= 4 is 26.6 Å². The number of aromatic nitrogens is 2. The van der Waals surface area contributed by atoms with Gasteiger partial charge in [0, 0.05) is 35.5 Å². The van der Waals surface area contributed by atoms with Crippen LogP contribution in [0.1, 0.15) is 19.9 Å². The highest BCUT2D eigenvalue weighted by atomic mass is 32.2. The average molecular weight is 347 g/mol. The zero-order valence-corrected chi connectivity index (χ0v) is 14.4. The second kappa shape index (κ2) is 5.90. The summed E-state index contributed by atoms with van der Waals surface area (Å²) in [6, 6.07) is 8.65. The van der Waals surface area contributed by atoms with E-state index < -0.39 is 16.0 Å². The molecule has 7 heteroatoms. The molecule has 0 aliphatic heterocycles. The molecule has 0 atom stereocenters. The van der Waals surface area contributed by atoms with Gasteiger partial charge >= 0.3 is 0 Å². The van der Waals surface area contributed by atoms with Crippen LogP contribution in [0.4, 0.5) is 10.1 Å². The smallest absolute Gasteiger partial charge is 0.229 e. The van der Waals surface area contributed by atoms with Gasteiger partial charge in [0.25, 0.3) is 0 Å². The highest BCUT2D eigenvalue weighted by Gasteiger charge is 2.14. The Balaban J connectivity index is 2.22. The summed E-state index contributed by atoms with van der Waals surface area (Å²) >= 11 is 0. The predicted molar refractivity (Wildman–Crippen MR) is 94.0 cm³/mol. The molecule has 2 heterocycles. The number of hydrogen-bond acceptors (Lipinski definition) is 3. The van der Waals surface area contributed by atoms with Gasteiger partial charge in [-0.2, -0.15) is 4.39 Å². The second-order valence-electron chi connectivity index (χ2n) is 6.02. The van der Waals surface area contributed by atoms with Crippen molar-refractivity contribution in [3.05, 3.63) is 48.7 Å². The van der Waals surface area contributed by atoms with Crippen molar-refractivity contribution in [1.82, 2.24) is 9.55 Å². The molecular weight excluding hydrogens is 329 g/mol. The van der Waals surface area contributed by atoms with Crippen LogP contribution in [0.15, 0.2) is 42.7 Å². The number of nitrogens with zero attached hydrogens (tertiary/aromatic N) is 2. The first-order valence-corrected chi connectivity index (χ1v) is 9.38. The average Bonchev–Trinajstić information content (AvgIpc) is 2.84. The summed E-state index contributed by atoms with van der Waals surface area (Å²) < 4.78 is 40.9. The molecule has 0 unspecified atom stereocenters. The lowest BCUT2D eigenvalue weighted by atomic mass is 10.1. The van der Waals surface area contributed by atoms with Crippen molar-refractivity contribution in [2.45, 2.75) is 19.9 Å². The molecule has 126 valence electrons. The van der Waals surface area contributed by atoms with E-state index in [2.05, 4.69) is 9.71 Å². The van der Waals surface area contributed by atoms with E-state index >= 15 is 0 Å². The molecule has 0 amide bonds. The van der Waals surface area contributed by atoms with Gasteiger partial charge in [-0.3, -0.25) is 4.72 Å². The number of sulfonamides is 1. The number of halogens is 1. The van der Waals surface area contributed by atoms with Crippen LogP contribution >= 0.6 is 0 Å². The third-order valence-electron chi connectivity index (χ3n) is 3.73. The minimum Gasteiger partial charge on any atom is -0.344 e. The molecule has 24 heavy (non-hydrogen) atoms. The number of rotatable bonds is 4. The minimum atomic E-state index is -3.35. The Labute approximate surface area is 140 Å². The van der Waals surface area contributed by atoms with Gasteiger partial charge in [0.05, 0.1) is 17.5 Å². The minimum absolute atomic E-state index is 0.168. The number of anilines is 1. The van der Waals surface area contributed by atoms with Crippen LogP contribution in [0, 0.1) is 5.95 Å². The quantitative estimate of drug-likeness (QED) is 0.730. The molecule has 0 aliphatic rings. The van der Waals surface area contributed by atoms with Crippen LogP contribution in [0.2, 0.25) is 0 Å². The standard InChI is InChI=1S/C17H18FN3O2S/c1-11(2)21-10-15(12-6-7-19-17(18)8-12)14-5-4-13(9-16(14)21)20-24(3,22)23/h4-11,20H,1-3H3. The Morgan fingerprint density at radius 2 is 1.96 bits per heavy atom. The fourth-order valence-electron chi connectivity index (χ4n) is 2.76. The summed E-state index contributed by atoms with van der Waals surface area (Å²) in [4.78, 5) is 3.59. The summed E-state index contributed by atoms with van der Waals surface area (Å²) in [5, 5.41) is 0.924. The van der Waals surface area contributed by atoms with E-state index in [9.17, 15) is 12.8 Å². The number of fused-ring (bicyclic) bond motifs is 1. The largest absolute Gasteiger partial charge is 0.344 e. The predicted octanol–water partition coefficient (Wildman–Crippen LogP) is 3.79. The molecule has 0 bridgehead atoms. The van der Waals surface area contributed by atoms with Gasteiger partial charge in [-0.1, -0.05) is 6.07 Å². The van der Waals surface area contributed by atoms with Gasteiger partial charge in [-0.15, -0.1) is 0 Å². The summed E-state index contributed by atoms with van der Waals surface area (Å²) in [6.45, 7) is 4.07. The lowest BCUT2D eigenvalue weighted by Gasteiger charge is -2.10. The second-order valence-corrected chi connectivity index (χ2v) is 7.77. The maximum atomic E-state index is 13.5. The van der Waals surface area contributed by atoms with Crippen molar-refractivity contribution in [1.29, 1.82) is 0 Å². The van der Waals surface area contributed by atoms with Crippen LogP contribution < -0.4 is 4.72 Å². The summed E-state index contributed by atoms with van der Waals surface area (Å²) in [5.74, 6) is -0.534. The van der Waals surface area contributed by atoms with E-state index in [-0.39, 0.29) is 6.04 Å². The first-order chi connectivity index (χ1) is 11.2. The summed E-state index contributed by atoms with van der Waals surface area (Å²) in [7, 11) is -3.35. The number of benzene rings is 1. The molecule has 5 nitrogen and oxygen atoms in total. The molecule has 0 saturated heterocycles. The van der Waals surface area contributed by atoms with E-state index in [1.165, 1.54) is 12.3 Å². The van der Waals surface area contributed by atoms with Gasteiger partial charge < -0.3 is 4.57 Å². The van der Waals surface area contributed by atoms with E-state index in [1.807, 2.05) is 30.7 Å². The summed E-state index contributed by atoms with van der Waals surface area (Å²) in [5.41, 5.74) is 2.99. The Kier molecular flexibility index (Phi) is 4.04. The van der Waals surface area contributed by atoms with Crippen molar-refractivity contribution < 1.29 is 12.8 Å². The van der Waals surface area contributed by atoms with Gasteiger partial charge in [0.15, 0.2) is 0 Å². The first-order valence-electron chi connectivity index (χ1n) is 7.49. The fraction of sp³-hybridized carbons (Fsp3) is 0.235. The van der Waals surface area contributed by atoms with Gasteiger partial charge in [0.2, 0.25) is 16.0 Å². The van der Waals surface area contributed by atoms with Crippen molar-refractivity contribution in [3.8, 4) is 11.1 Å². The van der Waals surface area contributed by atoms with Crippen molar-refractivity contribution in [2.75, 3.05) is 11.0 Å². The molecule has 0 saturated carbocycles. The SMILES string of the molecule is CC(C)n1cc(-c2ccnc(F)c2)c2ccc(NS(C)(=O)=O)cc21. The molecule has 0 spiro atoms. The van der Waals surface area contributed by atoms with E-state index in [1.54, 1.807) is 18.2 Å². The van der Waals surface area contributed by atoms with Gasteiger partial charge in [-0.05, 0) is 37.6 Å². The molecule has 3 rings (SSSR count). The van der Waals surface area contributed by atoms with E-state index in [0.29, 0.717) is 5.69 Å². The normalized spacial score (nSPS) is 12.0. The van der Waals surface area contributed by atoms with Crippen LogP contribution in [-0.4, -0.2) is 24.2 Å². The van der Waals surface area contributed by atoms with Crippen LogP contribution in [0.5, 0.6) is 0 Å². The van der Waals surface area contributed by atoms with Gasteiger partial charge in [0.1, 0.15) is 0 Å². The van der Waals surface area contributed by atoms with E-state index in [4.69, 9.17) is 0 Å². The highest BCUT2D eigenvalue weighted by molar-refractivity contribution is 7.92. The van der Waals surface area contributed by atoms with Crippen LogP contribution in [0.3, 0.4) is 0 Å². The van der Waals surface area contributed by atoms with Crippen molar-refractivity contribution in [2.24, 2.45) is 0 Å².